The number of hydrogen-bond donors (Lipinski definition) is 0. The van der Waals surface area contributed by atoms with Gasteiger partial charge in [0.1, 0.15) is 5.82 Å². The van der Waals surface area contributed by atoms with Crippen LogP contribution in [0, 0.1) is 17.7 Å². The number of carbonyl (C=O) groups excluding carboxylic acids is 3. The normalized spacial score (nSPS) is 21.0. The minimum Gasteiger partial charge on any atom is -0.476 e. The lowest BCUT2D eigenvalue weighted by atomic mass is 10.1. The number of urea groups is 1. The average Bonchev–Trinajstić information content (AvgIpc) is 3.25. The summed E-state index contributed by atoms with van der Waals surface area (Å²) in [5.74, 6) is -1.94. The van der Waals surface area contributed by atoms with E-state index in [0.717, 1.165) is 11.1 Å². The second-order valence-electron chi connectivity index (χ2n) is 7.45. The van der Waals surface area contributed by atoms with Crippen molar-refractivity contribution in [2.24, 2.45) is 16.8 Å². The summed E-state index contributed by atoms with van der Waals surface area (Å²) in [4.78, 5) is 42.3. The van der Waals surface area contributed by atoms with Crippen LogP contribution in [0.1, 0.15) is 6.42 Å². The summed E-state index contributed by atoms with van der Waals surface area (Å²) in [6.45, 7) is 1.26. The molecule has 1 aromatic carbocycles. The molecule has 1 aromatic heterocycles. The summed E-state index contributed by atoms with van der Waals surface area (Å²) in [5, 5.41) is 8.09. The number of aliphatic imine (C=N–C) groups is 1. The van der Waals surface area contributed by atoms with E-state index in [9.17, 15) is 18.8 Å². The van der Waals surface area contributed by atoms with Crippen LogP contribution in [0.5, 0.6) is 5.88 Å². The Morgan fingerprint density at radius 3 is 2.81 bits per heavy atom. The van der Waals surface area contributed by atoms with E-state index >= 15 is 0 Å². The molecule has 4 amide bonds. The van der Waals surface area contributed by atoms with Crippen LogP contribution in [0.15, 0.2) is 41.4 Å². The highest BCUT2D eigenvalue weighted by Crippen LogP contribution is 2.22. The molecule has 31 heavy (non-hydrogen) atoms. The third-order valence-corrected chi connectivity index (χ3v) is 5.31. The summed E-state index contributed by atoms with van der Waals surface area (Å²) in [5.41, 5.74) is 1.16. The predicted octanol–water partition coefficient (Wildman–Crippen LogP) is 1.79. The third-order valence-electron chi connectivity index (χ3n) is 5.31. The molecule has 2 aliphatic rings. The van der Waals surface area contributed by atoms with Crippen LogP contribution in [0.2, 0.25) is 0 Å². The largest absolute Gasteiger partial charge is 0.476 e. The number of ether oxygens (including phenoxy) is 1. The number of likely N-dealkylation sites (tertiary alicyclic amines) is 1. The number of aromatic nitrogens is 2. The molecule has 10 heteroatoms. The number of imide groups is 1. The second kappa shape index (κ2) is 8.58. The van der Waals surface area contributed by atoms with Gasteiger partial charge in [-0.15, -0.1) is 10.2 Å². The number of halogens is 1. The quantitative estimate of drug-likeness (QED) is 0.677. The minimum absolute atomic E-state index is 0.0728. The molecule has 2 atom stereocenters. The Hall–Kier alpha value is -3.69. The van der Waals surface area contributed by atoms with Gasteiger partial charge in [0.15, 0.2) is 5.92 Å². The van der Waals surface area contributed by atoms with Gasteiger partial charge in [0.05, 0.1) is 12.3 Å². The predicted molar refractivity (Wildman–Crippen MR) is 108 cm³/mol. The van der Waals surface area contributed by atoms with Gasteiger partial charge in [-0.1, -0.05) is 12.1 Å². The number of amides is 4. The van der Waals surface area contributed by atoms with Crippen LogP contribution in [0.4, 0.5) is 9.18 Å². The monoisotopic (exact) mass is 425 g/mol. The molecule has 160 valence electrons. The molecular formula is C21H20FN5O4. The second-order valence-corrected chi connectivity index (χ2v) is 7.45. The minimum atomic E-state index is -1.07. The number of rotatable bonds is 5. The number of hydrogen-bond acceptors (Lipinski definition) is 6. The fraction of sp³-hybridized carbons (Fsp3) is 0.333. The number of benzene rings is 1. The summed E-state index contributed by atoms with van der Waals surface area (Å²) in [6, 6.07) is 8.77. The molecule has 1 saturated heterocycles. The molecule has 0 bridgehead atoms. The Bertz CT molecular complexity index is 1040. The van der Waals surface area contributed by atoms with E-state index in [4.69, 9.17) is 4.74 Å². The highest BCUT2D eigenvalue weighted by atomic mass is 19.1. The molecule has 3 heterocycles. The van der Waals surface area contributed by atoms with E-state index in [0.29, 0.717) is 43.3 Å². The van der Waals surface area contributed by atoms with Crippen LogP contribution >= 0.6 is 0 Å². The van der Waals surface area contributed by atoms with E-state index in [-0.39, 0.29) is 17.6 Å². The molecule has 0 N–H and O–H groups in total. The first-order valence-corrected chi connectivity index (χ1v) is 9.79. The van der Waals surface area contributed by atoms with Gasteiger partial charge >= 0.3 is 6.03 Å². The van der Waals surface area contributed by atoms with Crippen LogP contribution < -0.4 is 4.74 Å². The van der Waals surface area contributed by atoms with Crippen LogP contribution in [-0.4, -0.2) is 70.8 Å². The first kappa shape index (κ1) is 20.6. The van der Waals surface area contributed by atoms with Crippen molar-refractivity contribution < 1.29 is 23.5 Å². The lowest BCUT2D eigenvalue weighted by Gasteiger charge is -2.25. The van der Waals surface area contributed by atoms with Gasteiger partial charge in [-0.3, -0.25) is 14.5 Å². The lowest BCUT2D eigenvalue weighted by Crippen LogP contribution is -2.48. The molecule has 2 aliphatic heterocycles. The van der Waals surface area contributed by atoms with Crippen molar-refractivity contribution in [3.8, 4) is 17.1 Å². The topological polar surface area (TPSA) is 105 Å². The summed E-state index contributed by atoms with van der Waals surface area (Å²) < 4.78 is 19.0. The molecule has 4 rings (SSSR count). The maximum atomic E-state index is 13.3. The van der Waals surface area contributed by atoms with E-state index in [1.807, 2.05) is 0 Å². The smallest absolute Gasteiger partial charge is 0.349 e. The highest BCUT2D eigenvalue weighted by molar-refractivity contribution is 6.20. The van der Waals surface area contributed by atoms with Gasteiger partial charge in [-0.05, 0) is 24.6 Å². The van der Waals surface area contributed by atoms with Crippen molar-refractivity contribution in [2.45, 2.75) is 6.42 Å². The van der Waals surface area contributed by atoms with Crippen molar-refractivity contribution in [3.63, 3.8) is 0 Å². The molecule has 1 fully saturated rings. The van der Waals surface area contributed by atoms with Gasteiger partial charge < -0.3 is 9.64 Å². The van der Waals surface area contributed by atoms with Gasteiger partial charge in [0.2, 0.25) is 17.7 Å². The number of carbonyl (C=O) groups is 3. The molecule has 0 radical (unpaired) electrons. The zero-order chi connectivity index (χ0) is 22.0. The summed E-state index contributed by atoms with van der Waals surface area (Å²) in [7, 11) is 1.31. The van der Waals surface area contributed by atoms with Crippen molar-refractivity contribution >= 4 is 24.1 Å². The van der Waals surface area contributed by atoms with Gasteiger partial charge in [-0.25, -0.2) is 14.2 Å². The number of nitrogens with zero attached hydrogens (tertiary/aromatic N) is 5. The third kappa shape index (κ3) is 4.42. The van der Waals surface area contributed by atoms with Gasteiger partial charge in [-0.2, -0.15) is 0 Å². The fourth-order valence-electron chi connectivity index (χ4n) is 3.53. The first-order chi connectivity index (χ1) is 14.9. The van der Waals surface area contributed by atoms with Crippen LogP contribution in [0.3, 0.4) is 0 Å². The average molecular weight is 425 g/mol. The molecule has 9 nitrogen and oxygen atoms in total. The summed E-state index contributed by atoms with van der Waals surface area (Å²) in [6.07, 6.45) is 1.83. The Balaban J connectivity index is 1.31. The van der Waals surface area contributed by atoms with E-state index in [1.54, 1.807) is 29.2 Å². The molecule has 2 aromatic rings. The Morgan fingerprint density at radius 2 is 2.06 bits per heavy atom. The van der Waals surface area contributed by atoms with Crippen molar-refractivity contribution in [3.05, 3.63) is 42.2 Å². The molecular weight excluding hydrogens is 405 g/mol. The highest BCUT2D eigenvalue weighted by Gasteiger charge is 2.38. The molecule has 0 spiro atoms. The zero-order valence-electron chi connectivity index (χ0n) is 16.8. The summed E-state index contributed by atoms with van der Waals surface area (Å²) >= 11 is 0. The standard InChI is InChI=1S/C21H20FN5O4/c1-26-19(28)16(10-23-21(26)30)20(29)27-8-7-13(11-27)12-31-18-6-5-17(24-25-18)14-3-2-4-15(22)9-14/h2-6,9-10,13,16H,7-8,11-12H2,1H3. The maximum Gasteiger partial charge on any atom is 0.349 e. The molecule has 0 saturated carbocycles. The van der Waals surface area contributed by atoms with E-state index < -0.39 is 17.9 Å². The Labute approximate surface area is 177 Å². The fourth-order valence-corrected chi connectivity index (χ4v) is 3.53. The Kier molecular flexibility index (Phi) is 5.70. The first-order valence-electron chi connectivity index (χ1n) is 9.79. The SMILES string of the molecule is CN1C(=O)N=CC(C(=O)N2CCC(COc3ccc(-c4cccc(F)c4)nn3)C2)C1=O. The van der Waals surface area contributed by atoms with E-state index in [1.165, 1.54) is 19.2 Å². The maximum absolute atomic E-state index is 13.3. The van der Waals surface area contributed by atoms with Gasteiger partial charge in [0, 0.05) is 43.9 Å². The Morgan fingerprint density at radius 1 is 1.23 bits per heavy atom. The van der Waals surface area contributed by atoms with Crippen LogP contribution in [-0.2, 0) is 9.59 Å². The van der Waals surface area contributed by atoms with E-state index in [2.05, 4.69) is 15.2 Å². The zero-order valence-corrected chi connectivity index (χ0v) is 16.8. The van der Waals surface area contributed by atoms with Crippen molar-refractivity contribution in [1.82, 2.24) is 20.0 Å². The lowest BCUT2D eigenvalue weighted by molar-refractivity contribution is -0.141. The van der Waals surface area contributed by atoms with Crippen LogP contribution in [0.25, 0.3) is 11.3 Å². The molecule has 2 unspecified atom stereocenters. The van der Waals surface area contributed by atoms with Gasteiger partial charge in [0.25, 0.3) is 0 Å². The molecule has 0 aliphatic carbocycles. The van der Waals surface area contributed by atoms with Crippen molar-refractivity contribution in [2.75, 3.05) is 26.7 Å². The van der Waals surface area contributed by atoms with Crippen molar-refractivity contribution in [1.29, 1.82) is 0 Å².